The van der Waals surface area contributed by atoms with Crippen LogP contribution in [-0.2, 0) is 10.6 Å². The summed E-state index contributed by atoms with van der Waals surface area (Å²) in [4.78, 5) is 4.93. The first kappa shape index (κ1) is 34.9. The van der Waals surface area contributed by atoms with Gasteiger partial charge >= 0.3 is 0 Å². The molecular formula is C25H4B19N. The highest BCUT2D eigenvalue weighted by Gasteiger charge is 2.63. The summed E-state index contributed by atoms with van der Waals surface area (Å²) in [6, 6.07) is 0. The fraction of sp³-hybridized carbons (Fsp3) is 0.240. The van der Waals surface area contributed by atoms with Gasteiger partial charge in [0, 0.05) is 0 Å². The third-order valence-corrected chi connectivity index (χ3v) is 9.52. The quantitative estimate of drug-likeness (QED) is 0.192. The zero-order valence-corrected chi connectivity index (χ0v) is 24.5. The number of pyridine rings is 1. The van der Waals surface area contributed by atoms with E-state index in [0.717, 1.165) is 0 Å². The van der Waals surface area contributed by atoms with E-state index in [-0.39, 0.29) is 104 Å². The van der Waals surface area contributed by atoms with E-state index in [1.165, 1.54) is 6.92 Å². The van der Waals surface area contributed by atoms with Crippen molar-refractivity contribution in [1.82, 2.24) is 4.98 Å². The minimum atomic E-state index is -2.33. The van der Waals surface area contributed by atoms with Gasteiger partial charge in [0.15, 0.2) is 0 Å². The molecule has 2 atom stereocenters. The Bertz CT molecular complexity index is 1970. The van der Waals surface area contributed by atoms with Crippen molar-refractivity contribution in [3.63, 3.8) is 0 Å². The highest BCUT2D eigenvalue weighted by atomic mass is 14.8. The van der Waals surface area contributed by atoms with Crippen LogP contribution in [0.5, 0.6) is 0 Å². The fourth-order valence-electron chi connectivity index (χ4n) is 6.50. The first-order chi connectivity index (χ1) is 20.4. The molecule has 1 aromatic heterocycles. The normalized spacial score (nSPS) is 21.0. The van der Waals surface area contributed by atoms with Gasteiger partial charge < -0.3 is 0 Å². The maximum absolute atomic E-state index is 7.13. The largest absolute Gasteiger partial charge is 0.247 e. The molecule has 0 N–H and O–H groups in total. The van der Waals surface area contributed by atoms with Gasteiger partial charge in [-0.05, 0) is 32.8 Å². The lowest BCUT2D eigenvalue weighted by Gasteiger charge is -2.60. The zero-order valence-electron chi connectivity index (χ0n) is 24.5. The Balaban J connectivity index is 2.27. The Morgan fingerprint density at radius 3 is 1.38 bits per heavy atom. The van der Waals surface area contributed by atoms with Gasteiger partial charge in [-0.15, -0.1) is 38.2 Å². The predicted octanol–water partition coefficient (Wildman–Crippen LogP) is -10.5. The molecule has 0 saturated heterocycles. The Morgan fingerprint density at radius 2 is 0.911 bits per heavy atom. The van der Waals surface area contributed by atoms with Crippen molar-refractivity contribution < 1.29 is 0 Å². The molecule has 1 heterocycles. The van der Waals surface area contributed by atoms with E-state index in [0.29, 0.717) is 0 Å². The van der Waals surface area contributed by atoms with Crippen molar-refractivity contribution in [2.45, 2.75) is 33.7 Å². The van der Waals surface area contributed by atoms with Gasteiger partial charge in [0.1, 0.15) is 86.3 Å². The van der Waals surface area contributed by atoms with Crippen LogP contribution in [0, 0.1) is 0 Å². The van der Waals surface area contributed by atoms with Gasteiger partial charge in [-0.2, -0.15) is 0 Å². The summed E-state index contributed by atoms with van der Waals surface area (Å²) in [6.07, 6.45) is 0. The molecule has 1 aliphatic carbocycles. The summed E-state index contributed by atoms with van der Waals surface area (Å²) in [6.45, 7) is 1.47. The first-order valence-corrected chi connectivity index (χ1v) is 13.3. The van der Waals surface area contributed by atoms with Crippen molar-refractivity contribution in [2.75, 3.05) is 0 Å². The van der Waals surface area contributed by atoms with Crippen molar-refractivity contribution in [3.8, 4) is 11.3 Å². The molecule has 0 amide bonds. The molecular weight excluding hydrogens is 520 g/mol. The van der Waals surface area contributed by atoms with E-state index in [2.05, 4.69) is 0 Å². The van der Waals surface area contributed by atoms with Crippen LogP contribution in [-0.4, -0.2) is 154 Å². The maximum Gasteiger partial charge on any atom is 0.113 e. The van der Waals surface area contributed by atoms with Crippen LogP contribution in [0.1, 0.15) is 18.1 Å². The monoisotopic (exact) mass is 527 g/mol. The number of benzene rings is 3. The number of fused-ring (bicyclic) bond motifs is 5. The highest BCUT2D eigenvalue weighted by Crippen LogP contribution is 2.71. The number of nitrogens with zero attached hydrogens (tertiary/aromatic N) is 1. The average Bonchev–Trinajstić information content (AvgIpc) is 3.09. The highest BCUT2D eigenvalue weighted by molar-refractivity contribution is 6.72. The molecule has 0 fully saturated rings. The van der Waals surface area contributed by atoms with Crippen molar-refractivity contribution in [1.29, 1.82) is 0 Å². The maximum atomic E-state index is 7.13. The average molecular weight is 524 g/mol. The van der Waals surface area contributed by atoms with Gasteiger partial charge in [-0.3, -0.25) is 0 Å². The SMILES string of the molecule is [B]c1c([B])c([B])c(-c2nc3c(c([B])c([B])c4c([B])c([B])c([B])c([B])c43)c3c2C([B])(C([B])([B])C([B])[B])C([B])([B])C3([B])C)c([B])c1[B]. The molecule has 166 valence electrons. The Kier molecular flexibility index (Phi) is 8.16. The minimum Gasteiger partial charge on any atom is -0.247 e. The molecule has 4 aromatic rings. The van der Waals surface area contributed by atoms with Gasteiger partial charge in [0.25, 0.3) is 0 Å². The summed E-state index contributed by atoms with van der Waals surface area (Å²) in [5, 5.41) is -8.36. The molecule has 3 aromatic carbocycles. The van der Waals surface area contributed by atoms with E-state index in [1.54, 1.807) is 0 Å². The molecule has 1 aliphatic rings. The van der Waals surface area contributed by atoms with E-state index in [1.807, 2.05) is 0 Å². The molecule has 38 radical (unpaired) electrons. The molecule has 0 spiro atoms. The summed E-state index contributed by atoms with van der Waals surface area (Å²) in [5.74, 6) is 0. The second kappa shape index (κ2) is 10.5. The fourth-order valence-corrected chi connectivity index (χ4v) is 6.50. The second-order valence-electron chi connectivity index (χ2n) is 11.9. The number of hydrogen-bond acceptors (Lipinski definition) is 1. The van der Waals surface area contributed by atoms with Gasteiger partial charge in [-0.1, -0.05) is 55.5 Å². The molecule has 0 aliphatic heterocycles. The van der Waals surface area contributed by atoms with Crippen molar-refractivity contribution in [3.05, 3.63) is 11.1 Å². The van der Waals surface area contributed by atoms with E-state index < -0.39 is 26.8 Å². The second-order valence-corrected chi connectivity index (χ2v) is 11.9. The van der Waals surface area contributed by atoms with Crippen LogP contribution in [0.3, 0.4) is 0 Å². The Hall–Kier alpha value is -1.44. The number of rotatable bonds is 3. The molecule has 5 rings (SSSR count). The van der Waals surface area contributed by atoms with Crippen LogP contribution in [0.2, 0.25) is 16.1 Å². The van der Waals surface area contributed by atoms with E-state index in [9.17, 15) is 0 Å². The summed E-state index contributed by atoms with van der Waals surface area (Å²) < 4.78 is 0. The van der Waals surface area contributed by atoms with Gasteiger partial charge in [0.05, 0.1) is 74.0 Å². The topological polar surface area (TPSA) is 12.9 Å². The van der Waals surface area contributed by atoms with Crippen LogP contribution in [0.25, 0.3) is 32.9 Å². The lowest BCUT2D eigenvalue weighted by Crippen LogP contribution is -2.57. The third-order valence-electron chi connectivity index (χ3n) is 9.52. The lowest BCUT2D eigenvalue weighted by atomic mass is 9.16. The predicted molar refractivity (Wildman–Crippen MR) is 208 cm³/mol. The molecule has 45 heavy (non-hydrogen) atoms. The molecule has 20 heteroatoms. The van der Waals surface area contributed by atoms with Crippen LogP contribution >= 0.6 is 0 Å². The number of aromatic nitrogens is 1. The smallest absolute Gasteiger partial charge is 0.113 e. The van der Waals surface area contributed by atoms with Crippen molar-refractivity contribution in [2.24, 2.45) is 0 Å². The first-order valence-electron chi connectivity index (χ1n) is 13.3. The van der Waals surface area contributed by atoms with Gasteiger partial charge in [-0.25, -0.2) is 4.98 Å². The number of hydrogen-bond donors (Lipinski definition) is 0. The van der Waals surface area contributed by atoms with Crippen LogP contribution in [0.4, 0.5) is 0 Å². The summed E-state index contributed by atoms with van der Waals surface area (Å²) in [7, 11) is 124. The van der Waals surface area contributed by atoms with Gasteiger partial charge in [0.2, 0.25) is 0 Å². The Labute approximate surface area is 290 Å². The summed E-state index contributed by atoms with van der Waals surface area (Å²) in [5.41, 5.74) is -2.60. The third kappa shape index (κ3) is 4.05. The Morgan fingerprint density at radius 1 is 0.533 bits per heavy atom. The molecule has 0 saturated carbocycles. The molecule has 1 nitrogen and oxygen atoms in total. The van der Waals surface area contributed by atoms with Crippen molar-refractivity contribution >= 4 is 231 Å². The van der Waals surface area contributed by atoms with Crippen LogP contribution < -0.4 is 60.1 Å². The zero-order chi connectivity index (χ0) is 34.3. The lowest BCUT2D eigenvalue weighted by molar-refractivity contribution is 0.430. The summed E-state index contributed by atoms with van der Waals surface area (Å²) >= 11 is 0. The minimum absolute atomic E-state index is 0.0145. The van der Waals surface area contributed by atoms with E-state index in [4.69, 9.17) is 154 Å². The van der Waals surface area contributed by atoms with Crippen LogP contribution in [0.15, 0.2) is 0 Å². The van der Waals surface area contributed by atoms with E-state index >= 15 is 0 Å². The molecule has 0 bridgehead atoms. The standard InChI is InChI=1S/C25H4B19N/c1-22(39)6-4-11(29)8(26)2-3(10(28)15(33)14(32)9(2)27)19(4)45-20(5-12(30)16(34)18(36)17(35)13(5)31)7(6)23(40,25(22,43)44)24(41,42)21(37)38/h21H,1H3. The molecule has 2 unspecified atom stereocenters.